The maximum atomic E-state index is 10.1. The number of aldehydes is 1. The number of benzene rings is 1. The van der Waals surface area contributed by atoms with Gasteiger partial charge in [0.1, 0.15) is 6.29 Å². The van der Waals surface area contributed by atoms with Gasteiger partial charge in [0.2, 0.25) is 0 Å². The minimum absolute atomic E-state index is 0.723. The van der Waals surface area contributed by atoms with Gasteiger partial charge in [0.15, 0.2) is 0 Å². The molecular weight excluding hydrogens is 131 g/mol. The highest BCUT2D eigenvalue weighted by Gasteiger charge is 1.85. The molecule has 0 saturated heterocycles. The highest BCUT2D eigenvalue weighted by Crippen LogP contribution is 1.94. The summed E-state index contributed by atoms with van der Waals surface area (Å²) in [7, 11) is 2.56. The van der Waals surface area contributed by atoms with Gasteiger partial charge in [-0.25, -0.2) is 0 Å². The Morgan fingerprint density at radius 1 is 1.22 bits per heavy atom. The average Bonchev–Trinajstić information content (AvgIpc) is 1.90. The molecule has 0 amide bonds. The standard InChI is InChI=1S/C7H7OP/c8-5-6-1-3-7(9)4-2-6/h1-5H,9H2. The largest absolute Gasteiger partial charge is 0.298 e. The highest BCUT2D eigenvalue weighted by molar-refractivity contribution is 7.27. The topological polar surface area (TPSA) is 17.1 Å². The lowest BCUT2D eigenvalue weighted by Gasteiger charge is -1.89. The number of rotatable bonds is 1. The first-order chi connectivity index (χ1) is 4.33. The van der Waals surface area contributed by atoms with Crippen LogP contribution in [0.3, 0.4) is 0 Å². The molecule has 1 unspecified atom stereocenters. The predicted octanol–water partition coefficient (Wildman–Crippen LogP) is 0.999. The van der Waals surface area contributed by atoms with E-state index in [0.29, 0.717) is 0 Å². The van der Waals surface area contributed by atoms with Crippen molar-refractivity contribution in [3.63, 3.8) is 0 Å². The van der Waals surface area contributed by atoms with Crippen LogP contribution in [-0.2, 0) is 0 Å². The molecule has 46 valence electrons. The SMILES string of the molecule is O=Cc1ccc(P)cc1. The quantitative estimate of drug-likeness (QED) is 0.418. The van der Waals surface area contributed by atoms with Gasteiger partial charge in [0, 0.05) is 5.56 Å². The monoisotopic (exact) mass is 138 g/mol. The molecule has 0 bridgehead atoms. The molecular formula is C7H7OP. The van der Waals surface area contributed by atoms with Crippen LogP contribution in [0.5, 0.6) is 0 Å². The molecule has 0 aromatic heterocycles. The Bertz CT molecular complexity index is 203. The minimum atomic E-state index is 0.723. The third-order valence-corrected chi connectivity index (χ3v) is 1.46. The molecule has 0 spiro atoms. The Balaban J connectivity index is 3.01. The van der Waals surface area contributed by atoms with Gasteiger partial charge in [-0.05, 0) is 5.30 Å². The van der Waals surface area contributed by atoms with Crippen LogP contribution in [0.2, 0.25) is 0 Å². The Morgan fingerprint density at radius 2 is 1.78 bits per heavy atom. The van der Waals surface area contributed by atoms with Crippen molar-refractivity contribution in [3.05, 3.63) is 29.8 Å². The number of carbonyl (C=O) groups excluding carboxylic acids is 1. The van der Waals surface area contributed by atoms with Crippen molar-refractivity contribution in [3.8, 4) is 0 Å². The van der Waals surface area contributed by atoms with Gasteiger partial charge >= 0.3 is 0 Å². The molecule has 0 aliphatic rings. The normalized spacial score (nSPS) is 9.00. The van der Waals surface area contributed by atoms with Gasteiger partial charge in [0.25, 0.3) is 0 Å². The van der Waals surface area contributed by atoms with Gasteiger partial charge in [-0.2, -0.15) is 0 Å². The zero-order chi connectivity index (χ0) is 6.69. The fourth-order valence-corrected chi connectivity index (χ4v) is 0.767. The molecule has 0 N–H and O–H groups in total. The van der Waals surface area contributed by atoms with Crippen LogP contribution in [-0.4, -0.2) is 6.29 Å². The van der Waals surface area contributed by atoms with E-state index in [1.807, 2.05) is 12.1 Å². The minimum Gasteiger partial charge on any atom is -0.298 e. The zero-order valence-corrected chi connectivity index (χ0v) is 6.03. The van der Waals surface area contributed by atoms with Crippen LogP contribution in [0, 0.1) is 0 Å². The predicted molar refractivity (Wildman–Crippen MR) is 41.2 cm³/mol. The van der Waals surface area contributed by atoms with Crippen LogP contribution in [0.25, 0.3) is 0 Å². The highest BCUT2D eigenvalue weighted by atomic mass is 31.0. The molecule has 1 rings (SSSR count). The summed E-state index contributed by atoms with van der Waals surface area (Å²) in [6, 6.07) is 7.34. The van der Waals surface area contributed by atoms with Crippen LogP contribution >= 0.6 is 9.24 Å². The van der Waals surface area contributed by atoms with Gasteiger partial charge in [-0.1, -0.05) is 24.3 Å². The third kappa shape index (κ3) is 1.62. The van der Waals surface area contributed by atoms with Crippen molar-refractivity contribution >= 4 is 20.8 Å². The summed E-state index contributed by atoms with van der Waals surface area (Å²) in [5.41, 5.74) is 0.723. The van der Waals surface area contributed by atoms with Gasteiger partial charge < -0.3 is 0 Å². The zero-order valence-electron chi connectivity index (χ0n) is 4.87. The average molecular weight is 138 g/mol. The van der Waals surface area contributed by atoms with Crippen molar-refractivity contribution in [2.75, 3.05) is 0 Å². The second-order valence-corrected chi connectivity index (χ2v) is 2.45. The van der Waals surface area contributed by atoms with E-state index in [-0.39, 0.29) is 0 Å². The van der Waals surface area contributed by atoms with Crippen molar-refractivity contribution in [2.45, 2.75) is 0 Å². The lowest BCUT2D eigenvalue weighted by molar-refractivity contribution is 0.112. The Labute approximate surface area is 56.3 Å². The second-order valence-electron chi connectivity index (χ2n) is 1.78. The van der Waals surface area contributed by atoms with Gasteiger partial charge in [0.05, 0.1) is 0 Å². The van der Waals surface area contributed by atoms with Crippen LogP contribution in [0.15, 0.2) is 24.3 Å². The van der Waals surface area contributed by atoms with E-state index < -0.39 is 0 Å². The van der Waals surface area contributed by atoms with Crippen LogP contribution in [0.1, 0.15) is 10.4 Å². The Morgan fingerprint density at radius 3 is 2.22 bits per heavy atom. The molecule has 2 heteroatoms. The molecule has 0 radical (unpaired) electrons. The van der Waals surface area contributed by atoms with E-state index in [2.05, 4.69) is 9.24 Å². The Kier molecular flexibility index (Phi) is 1.96. The lowest BCUT2D eigenvalue weighted by Crippen LogP contribution is -1.88. The van der Waals surface area contributed by atoms with Crippen LogP contribution in [0.4, 0.5) is 0 Å². The van der Waals surface area contributed by atoms with Gasteiger partial charge in [-0.3, -0.25) is 4.79 Å². The summed E-state index contributed by atoms with van der Waals surface area (Å²) >= 11 is 0. The lowest BCUT2D eigenvalue weighted by atomic mass is 10.2. The van der Waals surface area contributed by atoms with E-state index in [1.54, 1.807) is 12.1 Å². The molecule has 0 aliphatic heterocycles. The fourth-order valence-electron chi connectivity index (χ4n) is 0.575. The molecule has 1 atom stereocenters. The maximum Gasteiger partial charge on any atom is 0.150 e. The molecule has 1 aromatic carbocycles. The molecule has 0 aliphatic carbocycles. The molecule has 9 heavy (non-hydrogen) atoms. The van der Waals surface area contributed by atoms with E-state index >= 15 is 0 Å². The van der Waals surface area contributed by atoms with Crippen molar-refractivity contribution in [1.29, 1.82) is 0 Å². The number of carbonyl (C=O) groups is 1. The van der Waals surface area contributed by atoms with Crippen molar-refractivity contribution in [1.82, 2.24) is 0 Å². The Hall–Kier alpha value is -0.680. The first-order valence-electron chi connectivity index (χ1n) is 2.63. The summed E-state index contributed by atoms with van der Waals surface area (Å²) in [6.07, 6.45) is 0.837. The van der Waals surface area contributed by atoms with Crippen molar-refractivity contribution < 1.29 is 4.79 Å². The third-order valence-electron chi connectivity index (χ3n) is 1.07. The van der Waals surface area contributed by atoms with Crippen LogP contribution < -0.4 is 5.30 Å². The van der Waals surface area contributed by atoms with E-state index in [4.69, 9.17) is 0 Å². The molecule has 0 saturated carbocycles. The van der Waals surface area contributed by atoms with E-state index in [1.165, 1.54) is 0 Å². The number of hydrogen-bond donors (Lipinski definition) is 0. The summed E-state index contributed by atoms with van der Waals surface area (Å²) in [4.78, 5) is 10.1. The summed E-state index contributed by atoms with van der Waals surface area (Å²) < 4.78 is 0. The summed E-state index contributed by atoms with van der Waals surface area (Å²) in [5, 5.41) is 1.10. The summed E-state index contributed by atoms with van der Waals surface area (Å²) in [5.74, 6) is 0. The fraction of sp³-hybridized carbons (Fsp3) is 0. The maximum absolute atomic E-state index is 10.1. The van der Waals surface area contributed by atoms with Crippen molar-refractivity contribution in [2.24, 2.45) is 0 Å². The van der Waals surface area contributed by atoms with E-state index in [9.17, 15) is 4.79 Å². The molecule has 0 fully saturated rings. The molecule has 1 nitrogen and oxygen atoms in total. The summed E-state index contributed by atoms with van der Waals surface area (Å²) in [6.45, 7) is 0. The molecule has 1 aromatic rings. The first-order valence-corrected chi connectivity index (χ1v) is 3.21. The smallest absolute Gasteiger partial charge is 0.150 e. The number of hydrogen-bond acceptors (Lipinski definition) is 1. The second kappa shape index (κ2) is 2.75. The van der Waals surface area contributed by atoms with Gasteiger partial charge in [-0.15, -0.1) is 9.24 Å². The van der Waals surface area contributed by atoms with E-state index in [0.717, 1.165) is 17.2 Å². The molecule has 0 heterocycles. The first kappa shape index (κ1) is 6.44.